The highest BCUT2D eigenvalue weighted by Gasteiger charge is 2.37. The van der Waals surface area contributed by atoms with Crippen LogP contribution in [0, 0.1) is 0 Å². The van der Waals surface area contributed by atoms with Crippen molar-refractivity contribution in [2.24, 2.45) is 0 Å². The first-order valence-corrected chi connectivity index (χ1v) is 8.27. The zero-order valence-electron chi connectivity index (χ0n) is 14.1. The summed E-state index contributed by atoms with van der Waals surface area (Å²) in [5, 5.41) is 20.6. The number of hydrogen-bond acceptors (Lipinski definition) is 6. The van der Waals surface area contributed by atoms with Crippen molar-refractivity contribution in [1.82, 2.24) is 14.7 Å². The number of likely N-dealkylation sites (N-methyl/N-ethyl adjacent to an activating group) is 1. The summed E-state index contributed by atoms with van der Waals surface area (Å²) in [5.41, 5.74) is 0. The summed E-state index contributed by atoms with van der Waals surface area (Å²) in [6.45, 7) is 4.27. The van der Waals surface area contributed by atoms with Gasteiger partial charge in [0.25, 0.3) is 0 Å². The largest absolute Gasteiger partial charge is 0.390 e. The number of aliphatic hydroxyl groups is 2. The van der Waals surface area contributed by atoms with Crippen LogP contribution in [0.4, 0.5) is 0 Å². The summed E-state index contributed by atoms with van der Waals surface area (Å²) >= 11 is 0. The second-order valence-corrected chi connectivity index (χ2v) is 6.51. The lowest BCUT2D eigenvalue weighted by molar-refractivity contribution is -0.127. The molecular formula is C16H29N3O4. The van der Waals surface area contributed by atoms with E-state index in [1.54, 1.807) is 11.0 Å². The van der Waals surface area contributed by atoms with E-state index in [0.29, 0.717) is 52.4 Å². The summed E-state index contributed by atoms with van der Waals surface area (Å²) < 4.78 is 5.35. The van der Waals surface area contributed by atoms with Gasteiger partial charge in [0, 0.05) is 38.8 Å². The van der Waals surface area contributed by atoms with E-state index in [9.17, 15) is 15.0 Å². The summed E-state index contributed by atoms with van der Waals surface area (Å²) in [4.78, 5) is 18.2. The molecule has 2 saturated heterocycles. The van der Waals surface area contributed by atoms with Gasteiger partial charge in [-0.2, -0.15) is 0 Å². The zero-order valence-corrected chi connectivity index (χ0v) is 14.1. The number of nitrogens with zero attached hydrogens (tertiary/aromatic N) is 3. The molecule has 23 heavy (non-hydrogen) atoms. The number of amides is 1. The molecule has 7 heteroatoms. The Morgan fingerprint density at radius 1 is 1.26 bits per heavy atom. The van der Waals surface area contributed by atoms with Crippen LogP contribution in [-0.4, -0.2) is 109 Å². The number of rotatable bonds is 4. The van der Waals surface area contributed by atoms with E-state index in [2.05, 4.69) is 4.90 Å². The number of hydrogen-bond donors (Lipinski definition) is 2. The average Bonchev–Trinajstić information content (AvgIpc) is 2.68. The first-order valence-electron chi connectivity index (χ1n) is 8.27. The minimum absolute atomic E-state index is 0.0635. The van der Waals surface area contributed by atoms with Crippen molar-refractivity contribution in [2.75, 3.05) is 60.0 Å². The number of carbonyl (C=O) groups excluding carboxylic acids is 1. The van der Waals surface area contributed by atoms with Crippen LogP contribution >= 0.6 is 0 Å². The van der Waals surface area contributed by atoms with E-state index in [1.807, 2.05) is 25.1 Å². The second kappa shape index (κ2) is 8.75. The Hall–Kier alpha value is -0.990. The second-order valence-electron chi connectivity index (χ2n) is 6.51. The van der Waals surface area contributed by atoms with Gasteiger partial charge in [0.15, 0.2) is 0 Å². The predicted octanol–water partition coefficient (Wildman–Crippen LogP) is -1.24. The molecule has 0 saturated carbocycles. The molecular weight excluding hydrogens is 298 g/mol. The van der Waals surface area contributed by atoms with Crippen LogP contribution in [0.2, 0.25) is 0 Å². The highest BCUT2D eigenvalue weighted by Crippen LogP contribution is 2.19. The van der Waals surface area contributed by atoms with Gasteiger partial charge in [-0.1, -0.05) is 6.08 Å². The van der Waals surface area contributed by atoms with Gasteiger partial charge >= 0.3 is 0 Å². The van der Waals surface area contributed by atoms with Crippen LogP contribution < -0.4 is 0 Å². The molecule has 132 valence electrons. The molecule has 0 unspecified atom stereocenters. The van der Waals surface area contributed by atoms with Gasteiger partial charge in [-0.05, 0) is 20.5 Å². The van der Waals surface area contributed by atoms with Gasteiger partial charge in [0.2, 0.25) is 5.91 Å². The van der Waals surface area contributed by atoms with Gasteiger partial charge in [-0.3, -0.25) is 9.69 Å². The standard InChI is InChI=1S/C16H29N3O4/c1-17(2)6-3-4-15(21)19-7-5-14(20)16(22)13(12-19)18-8-10-23-11-9-18/h3-4,13-14,16,20,22H,5-12H2,1-2H3/b4-3+/t13-,14-,16+/m1/s1. The molecule has 1 amide bonds. The van der Waals surface area contributed by atoms with Crippen molar-refractivity contribution in [3.8, 4) is 0 Å². The molecule has 3 atom stereocenters. The minimum atomic E-state index is -0.836. The highest BCUT2D eigenvalue weighted by molar-refractivity contribution is 5.87. The predicted molar refractivity (Wildman–Crippen MR) is 87.1 cm³/mol. The minimum Gasteiger partial charge on any atom is -0.390 e. The third kappa shape index (κ3) is 5.26. The molecule has 0 aromatic carbocycles. The smallest absolute Gasteiger partial charge is 0.246 e. The van der Waals surface area contributed by atoms with Gasteiger partial charge in [-0.15, -0.1) is 0 Å². The Morgan fingerprint density at radius 2 is 1.96 bits per heavy atom. The molecule has 2 heterocycles. The van der Waals surface area contributed by atoms with Crippen LogP contribution in [-0.2, 0) is 9.53 Å². The Bertz CT molecular complexity index is 410. The quantitative estimate of drug-likeness (QED) is 0.629. The number of ether oxygens (including phenoxy) is 1. The van der Waals surface area contributed by atoms with Crippen LogP contribution in [0.25, 0.3) is 0 Å². The van der Waals surface area contributed by atoms with Gasteiger partial charge < -0.3 is 24.7 Å². The van der Waals surface area contributed by atoms with Crippen molar-refractivity contribution in [1.29, 1.82) is 0 Å². The lowest BCUT2D eigenvalue weighted by Crippen LogP contribution is -2.55. The zero-order chi connectivity index (χ0) is 16.8. The average molecular weight is 327 g/mol. The first kappa shape index (κ1) is 18.4. The van der Waals surface area contributed by atoms with Crippen molar-refractivity contribution in [3.63, 3.8) is 0 Å². The van der Waals surface area contributed by atoms with E-state index in [-0.39, 0.29) is 11.9 Å². The molecule has 0 aromatic heterocycles. The van der Waals surface area contributed by atoms with Crippen LogP contribution in [0.3, 0.4) is 0 Å². The van der Waals surface area contributed by atoms with Crippen molar-refractivity contribution < 1.29 is 19.7 Å². The van der Waals surface area contributed by atoms with Crippen LogP contribution in [0.15, 0.2) is 12.2 Å². The Balaban J connectivity index is 2.03. The van der Waals surface area contributed by atoms with Crippen molar-refractivity contribution in [2.45, 2.75) is 24.7 Å². The van der Waals surface area contributed by atoms with Crippen LogP contribution in [0.1, 0.15) is 6.42 Å². The Kier molecular flexibility index (Phi) is 6.98. The number of morpholine rings is 1. The topological polar surface area (TPSA) is 76.5 Å². The number of aliphatic hydroxyl groups excluding tert-OH is 2. The van der Waals surface area contributed by atoms with E-state index in [4.69, 9.17) is 4.74 Å². The molecule has 0 spiro atoms. The normalized spacial score (nSPS) is 30.8. The molecule has 7 nitrogen and oxygen atoms in total. The Morgan fingerprint density at radius 3 is 2.61 bits per heavy atom. The molecule has 0 aliphatic carbocycles. The maximum atomic E-state index is 12.4. The molecule has 2 aliphatic rings. The molecule has 2 fully saturated rings. The molecule has 0 bridgehead atoms. The molecule has 2 rings (SSSR count). The lowest BCUT2D eigenvalue weighted by Gasteiger charge is -2.38. The SMILES string of the molecule is CN(C)C/C=C/C(=O)N1CC[C@@H](O)[C@@H](O)[C@H](N2CCOCC2)C1. The fraction of sp³-hybridized carbons (Fsp3) is 0.812. The maximum absolute atomic E-state index is 12.4. The van der Waals surface area contributed by atoms with Crippen molar-refractivity contribution >= 4 is 5.91 Å². The highest BCUT2D eigenvalue weighted by atomic mass is 16.5. The molecule has 2 aliphatic heterocycles. The monoisotopic (exact) mass is 327 g/mol. The molecule has 0 aromatic rings. The summed E-state index contributed by atoms with van der Waals surface area (Å²) in [7, 11) is 3.89. The van der Waals surface area contributed by atoms with Crippen molar-refractivity contribution in [3.05, 3.63) is 12.2 Å². The third-order valence-corrected chi connectivity index (χ3v) is 4.45. The number of likely N-dealkylation sites (tertiary alicyclic amines) is 1. The summed E-state index contributed by atoms with van der Waals surface area (Å²) in [6, 6.07) is -0.248. The van der Waals surface area contributed by atoms with Gasteiger partial charge in [0.05, 0.1) is 31.5 Å². The third-order valence-electron chi connectivity index (χ3n) is 4.45. The van der Waals surface area contributed by atoms with Gasteiger partial charge in [-0.25, -0.2) is 0 Å². The fourth-order valence-corrected chi connectivity index (χ4v) is 3.05. The lowest BCUT2D eigenvalue weighted by atomic mass is 10.0. The first-order chi connectivity index (χ1) is 11.0. The number of carbonyl (C=O) groups is 1. The van der Waals surface area contributed by atoms with E-state index in [1.165, 1.54) is 0 Å². The van der Waals surface area contributed by atoms with E-state index in [0.717, 1.165) is 0 Å². The Labute approximate surface area is 138 Å². The van der Waals surface area contributed by atoms with E-state index < -0.39 is 12.2 Å². The fourth-order valence-electron chi connectivity index (χ4n) is 3.05. The molecule has 0 radical (unpaired) electrons. The maximum Gasteiger partial charge on any atom is 0.246 e. The summed E-state index contributed by atoms with van der Waals surface area (Å²) in [5.74, 6) is -0.0635. The van der Waals surface area contributed by atoms with Crippen LogP contribution in [0.5, 0.6) is 0 Å². The summed E-state index contributed by atoms with van der Waals surface area (Å²) in [6.07, 6.45) is 2.18. The molecule has 2 N–H and O–H groups in total. The van der Waals surface area contributed by atoms with Gasteiger partial charge in [0.1, 0.15) is 0 Å². The van der Waals surface area contributed by atoms with E-state index >= 15 is 0 Å².